The second-order valence-electron chi connectivity index (χ2n) is 6.04. The molecule has 0 bridgehead atoms. The van der Waals surface area contributed by atoms with E-state index < -0.39 is 0 Å². The van der Waals surface area contributed by atoms with Gasteiger partial charge in [0.2, 0.25) is 11.8 Å². The molecule has 6 nitrogen and oxygen atoms in total. The summed E-state index contributed by atoms with van der Waals surface area (Å²) in [5.74, 6) is 2.39. The van der Waals surface area contributed by atoms with Gasteiger partial charge < -0.3 is 14.2 Å². The fourth-order valence-electron chi connectivity index (χ4n) is 3.30. The molecule has 1 saturated carbocycles. The van der Waals surface area contributed by atoms with E-state index in [1.807, 2.05) is 4.90 Å². The van der Waals surface area contributed by atoms with E-state index in [1.165, 1.54) is 25.7 Å². The SMILES string of the molecule is COCCC(=O)N1CC[C@@H](c2nc(C3CCCC3)no2)C1. The molecule has 3 rings (SSSR count). The minimum absolute atomic E-state index is 0.148. The van der Waals surface area contributed by atoms with Crippen molar-refractivity contribution in [2.45, 2.75) is 50.4 Å². The fourth-order valence-corrected chi connectivity index (χ4v) is 3.30. The largest absolute Gasteiger partial charge is 0.384 e. The first-order valence-corrected chi connectivity index (χ1v) is 7.88. The van der Waals surface area contributed by atoms with E-state index in [0.29, 0.717) is 31.4 Å². The zero-order chi connectivity index (χ0) is 14.7. The number of carbonyl (C=O) groups excluding carboxylic acids is 1. The van der Waals surface area contributed by atoms with Crippen LogP contribution in [-0.2, 0) is 9.53 Å². The Kier molecular flexibility index (Phi) is 4.53. The molecule has 1 amide bonds. The van der Waals surface area contributed by atoms with Crippen LogP contribution in [0.3, 0.4) is 0 Å². The van der Waals surface area contributed by atoms with Crippen LogP contribution in [0.25, 0.3) is 0 Å². The standard InChI is InChI=1S/C15H23N3O3/c1-20-9-7-13(19)18-8-6-12(10-18)15-16-14(17-21-15)11-4-2-3-5-11/h11-12H,2-10H2,1H3/t12-/m1/s1. The lowest BCUT2D eigenvalue weighted by Gasteiger charge is -2.15. The normalized spacial score (nSPS) is 23.1. The van der Waals surface area contributed by atoms with Crippen LogP contribution < -0.4 is 0 Å². The Morgan fingerprint density at radius 1 is 1.33 bits per heavy atom. The molecular formula is C15H23N3O3. The van der Waals surface area contributed by atoms with Gasteiger partial charge in [0.25, 0.3) is 0 Å². The lowest BCUT2D eigenvalue weighted by atomic mass is 10.1. The van der Waals surface area contributed by atoms with Gasteiger partial charge in [0.15, 0.2) is 5.82 Å². The van der Waals surface area contributed by atoms with Crippen molar-refractivity contribution >= 4 is 5.91 Å². The molecule has 6 heteroatoms. The molecule has 0 unspecified atom stereocenters. The molecule has 1 aliphatic carbocycles. The van der Waals surface area contributed by atoms with Crippen molar-refractivity contribution in [3.63, 3.8) is 0 Å². The summed E-state index contributed by atoms with van der Waals surface area (Å²) in [4.78, 5) is 18.4. The van der Waals surface area contributed by atoms with Gasteiger partial charge in [0.1, 0.15) is 0 Å². The molecule has 0 radical (unpaired) electrons. The van der Waals surface area contributed by atoms with Crippen molar-refractivity contribution in [1.82, 2.24) is 15.0 Å². The van der Waals surface area contributed by atoms with Crippen molar-refractivity contribution in [1.29, 1.82) is 0 Å². The summed E-state index contributed by atoms with van der Waals surface area (Å²) in [5.41, 5.74) is 0. The number of nitrogens with zero attached hydrogens (tertiary/aromatic N) is 3. The summed E-state index contributed by atoms with van der Waals surface area (Å²) in [6.07, 6.45) is 6.22. The number of rotatable bonds is 5. The second-order valence-corrected chi connectivity index (χ2v) is 6.04. The van der Waals surface area contributed by atoms with Crippen LogP contribution in [0, 0.1) is 0 Å². The molecule has 21 heavy (non-hydrogen) atoms. The number of likely N-dealkylation sites (tertiary alicyclic amines) is 1. The summed E-state index contributed by atoms with van der Waals surface area (Å²) in [5, 5.41) is 4.15. The molecule has 116 valence electrons. The second kappa shape index (κ2) is 6.56. The van der Waals surface area contributed by atoms with E-state index in [2.05, 4.69) is 10.1 Å². The van der Waals surface area contributed by atoms with Gasteiger partial charge >= 0.3 is 0 Å². The number of hydrogen-bond donors (Lipinski definition) is 0. The van der Waals surface area contributed by atoms with Gasteiger partial charge in [-0.05, 0) is 19.3 Å². The minimum atomic E-state index is 0.148. The molecule has 1 atom stereocenters. The van der Waals surface area contributed by atoms with Crippen molar-refractivity contribution in [3.05, 3.63) is 11.7 Å². The third-order valence-electron chi connectivity index (χ3n) is 4.59. The monoisotopic (exact) mass is 293 g/mol. The summed E-state index contributed by atoms with van der Waals surface area (Å²) in [6.45, 7) is 1.94. The predicted octanol–water partition coefficient (Wildman–Crippen LogP) is 2.08. The number of aromatic nitrogens is 2. The highest BCUT2D eigenvalue weighted by molar-refractivity contribution is 5.76. The maximum atomic E-state index is 12.0. The summed E-state index contributed by atoms with van der Waals surface area (Å²) in [7, 11) is 1.61. The molecule has 1 saturated heterocycles. The minimum Gasteiger partial charge on any atom is -0.384 e. The highest BCUT2D eigenvalue weighted by Crippen LogP contribution is 2.34. The molecule has 0 N–H and O–H groups in total. The maximum absolute atomic E-state index is 12.0. The van der Waals surface area contributed by atoms with Gasteiger partial charge in [-0.15, -0.1) is 0 Å². The highest BCUT2D eigenvalue weighted by atomic mass is 16.5. The Bertz CT molecular complexity index is 482. The molecule has 2 fully saturated rings. The molecule has 1 aromatic heterocycles. The Balaban J connectivity index is 1.57. The van der Waals surface area contributed by atoms with Crippen LogP contribution in [0.1, 0.15) is 62.1 Å². The average Bonchev–Trinajstić information content (AvgIpc) is 3.24. The van der Waals surface area contributed by atoms with E-state index in [1.54, 1.807) is 7.11 Å². The van der Waals surface area contributed by atoms with E-state index in [9.17, 15) is 4.79 Å². The topological polar surface area (TPSA) is 68.5 Å². The number of ether oxygens (including phenoxy) is 1. The zero-order valence-electron chi connectivity index (χ0n) is 12.6. The van der Waals surface area contributed by atoms with Crippen LogP contribution in [0.5, 0.6) is 0 Å². The first-order valence-electron chi connectivity index (χ1n) is 7.88. The summed E-state index contributed by atoms with van der Waals surface area (Å²) >= 11 is 0. The van der Waals surface area contributed by atoms with Gasteiger partial charge in [-0.2, -0.15) is 4.98 Å². The van der Waals surface area contributed by atoms with Crippen LogP contribution in [0.15, 0.2) is 4.52 Å². The van der Waals surface area contributed by atoms with Gasteiger partial charge in [0, 0.05) is 26.1 Å². The average molecular weight is 293 g/mol. The summed E-state index contributed by atoms with van der Waals surface area (Å²) in [6, 6.07) is 0. The molecule has 2 heterocycles. The number of hydrogen-bond acceptors (Lipinski definition) is 5. The quantitative estimate of drug-likeness (QED) is 0.831. The van der Waals surface area contributed by atoms with E-state index >= 15 is 0 Å². The van der Waals surface area contributed by atoms with E-state index in [-0.39, 0.29) is 11.8 Å². The van der Waals surface area contributed by atoms with Crippen LogP contribution in [0.2, 0.25) is 0 Å². The smallest absolute Gasteiger partial charge is 0.231 e. The first kappa shape index (κ1) is 14.5. The highest BCUT2D eigenvalue weighted by Gasteiger charge is 2.32. The third-order valence-corrected chi connectivity index (χ3v) is 4.59. The Morgan fingerprint density at radius 2 is 2.14 bits per heavy atom. The number of carbonyl (C=O) groups is 1. The van der Waals surface area contributed by atoms with Crippen molar-refractivity contribution in [2.24, 2.45) is 0 Å². The zero-order valence-corrected chi connectivity index (χ0v) is 12.6. The molecule has 1 aromatic rings. The Hall–Kier alpha value is -1.43. The van der Waals surface area contributed by atoms with Crippen molar-refractivity contribution in [3.8, 4) is 0 Å². The number of methoxy groups -OCH3 is 1. The molecule has 1 aliphatic heterocycles. The van der Waals surface area contributed by atoms with Crippen molar-refractivity contribution < 1.29 is 14.1 Å². The van der Waals surface area contributed by atoms with Gasteiger partial charge in [-0.25, -0.2) is 0 Å². The van der Waals surface area contributed by atoms with Gasteiger partial charge in [0.05, 0.1) is 18.9 Å². The molecule has 2 aliphatic rings. The molecule has 0 spiro atoms. The van der Waals surface area contributed by atoms with E-state index in [0.717, 1.165) is 18.8 Å². The first-order chi connectivity index (χ1) is 10.3. The summed E-state index contributed by atoms with van der Waals surface area (Å²) < 4.78 is 10.4. The lowest BCUT2D eigenvalue weighted by Crippen LogP contribution is -2.29. The van der Waals surface area contributed by atoms with Crippen LogP contribution >= 0.6 is 0 Å². The Morgan fingerprint density at radius 3 is 2.90 bits per heavy atom. The van der Waals surface area contributed by atoms with Crippen molar-refractivity contribution in [2.75, 3.05) is 26.8 Å². The Labute approximate surface area is 124 Å². The lowest BCUT2D eigenvalue weighted by molar-refractivity contribution is -0.131. The van der Waals surface area contributed by atoms with Gasteiger partial charge in [-0.3, -0.25) is 4.79 Å². The van der Waals surface area contributed by atoms with Crippen LogP contribution in [0.4, 0.5) is 0 Å². The molecule has 0 aromatic carbocycles. The predicted molar refractivity (Wildman–Crippen MR) is 75.9 cm³/mol. The van der Waals surface area contributed by atoms with Gasteiger partial charge in [-0.1, -0.05) is 18.0 Å². The maximum Gasteiger partial charge on any atom is 0.231 e. The number of amides is 1. The fraction of sp³-hybridized carbons (Fsp3) is 0.800. The third kappa shape index (κ3) is 3.26. The molecular weight excluding hydrogens is 270 g/mol. The van der Waals surface area contributed by atoms with E-state index in [4.69, 9.17) is 9.26 Å². The van der Waals surface area contributed by atoms with Crippen LogP contribution in [-0.4, -0.2) is 47.8 Å².